The normalized spacial score (nSPS) is 10.4. The van der Waals surface area contributed by atoms with E-state index in [4.69, 9.17) is 5.26 Å². The molecule has 4 rings (SSSR count). The molecule has 0 bridgehead atoms. The van der Waals surface area contributed by atoms with Crippen LogP contribution < -0.4 is 10.6 Å². The van der Waals surface area contributed by atoms with Crippen molar-refractivity contribution in [2.75, 3.05) is 17.2 Å². The number of fused-ring (bicyclic) bond motifs is 1. The van der Waals surface area contributed by atoms with Gasteiger partial charge in [0.1, 0.15) is 5.69 Å². The minimum atomic E-state index is -0.336. The standard InChI is InChI=1S/C22H18N6O/c23-13-15-5-7-17(8-6-15)27-21(29)20-10-12-25-22(28-20)24-11-9-16-14-26-19-4-2-1-3-18(16)19/h1-8,10,12,14,26H,9,11H2,(H,27,29)(H,24,25,28). The van der Waals surface area contributed by atoms with Crippen LogP contribution >= 0.6 is 0 Å². The van der Waals surface area contributed by atoms with E-state index in [0.717, 1.165) is 11.9 Å². The number of carbonyl (C=O) groups is 1. The number of nitrogens with zero attached hydrogens (tertiary/aromatic N) is 3. The van der Waals surface area contributed by atoms with Gasteiger partial charge in [-0.3, -0.25) is 4.79 Å². The summed E-state index contributed by atoms with van der Waals surface area (Å²) in [4.78, 5) is 24.2. The summed E-state index contributed by atoms with van der Waals surface area (Å²) in [5.74, 6) is 0.0640. The summed E-state index contributed by atoms with van der Waals surface area (Å²) in [7, 11) is 0. The van der Waals surface area contributed by atoms with Crippen molar-refractivity contribution < 1.29 is 4.79 Å². The van der Waals surface area contributed by atoms with E-state index in [1.165, 1.54) is 10.9 Å². The zero-order valence-corrected chi connectivity index (χ0v) is 15.5. The van der Waals surface area contributed by atoms with Gasteiger partial charge in [-0.1, -0.05) is 18.2 Å². The number of para-hydroxylation sites is 1. The van der Waals surface area contributed by atoms with Crippen molar-refractivity contribution in [2.24, 2.45) is 0 Å². The first-order chi connectivity index (χ1) is 14.2. The molecule has 2 aromatic heterocycles. The van der Waals surface area contributed by atoms with Crippen molar-refractivity contribution in [1.82, 2.24) is 15.0 Å². The molecule has 3 N–H and O–H groups in total. The van der Waals surface area contributed by atoms with Crippen LogP contribution in [0.4, 0.5) is 11.6 Å². The number of aromatic amines is 1. The molecule has 0 spiro atoms. The van der Waals surface area contributed by atoms with E-state index in [1.54, 1.807) is 36.5 Å². The molecule has 0 atom stereocenters. The van der Waals surface area contributed by atoms with E-state index in [9.17, 15) is 4.79 Å². The summed E-state index contributed by atoms with van der Waals surface area (Å²) in [5.41, 5.74) is 3.72. The summed E-state index contributed by atoms with van der Waals surface area (Å²) in [5, 5.41) is 16.0. The van der Waals surface area contributed by atoms with Gasteiger partial charge in [0.05, 0.1) is 11.6 Å². The number of nitriles is 1. The zero-order chi connectivity index (χ0) is 20.1. The number of anilines is 2. The Morgan fingerprint density at radius 1 is 1.10 bits per heavy atom. The van der Waals surface area contributed by atoms with Gasteiger partial charge in [-0.25, -0.2) is 9.97 Å². The smallest absolute Gasteiger partial charge is 0.274 e. The Morgan fingerprint density at radius 3 is 2.76 bits per heavy atom. The lowest BCUT2D eigenvalue weighted by molar-refractivity contribution is 0.102. The Kier molecular flexibility index (Phi) is 5.16. The van der Waals surface area contributed by atoms with Gasteiger partial charge in [-0.05, 0) is 48.4 Å². The summed E-state index contributed by atoms with van der Waals surface area (Å²) in [6.07, 6.45) is 4.36. The molecular formula is C22H18N6O. The Balaban J connectivity index is 1.37. The second-order valence-corrected chi connectivity index (χ2v) is 6.45. The fourth-order valence-corrected chi connectivity index (χ4v) is 3.04. The van der Waals surface area contributed by atoms with Crippen molar-refractivity contribution in [3.63, 3.8) is 0 Å². The third-order valence-corrected chi connectivity index (χ3v) is 4.51. The third-order valence-electron chi connectivity index (χ3n) is 4.51. The first-order valence-electron chi connectivity index (χ1n) is 9.16. The molecule has 4 aromatic rings. The number of benzene rings is 2. The van der Waals surface area contributed by atoms with Crippen molar-refractivity contribution in [3.8, 4) is 6.07 Å². The highest BCUT2D eigenvalue weighted by Gasteiger charge is 2.10. The number of hydrogen-bond donors (Lipinski definition) is 3. The molecule has 0 fully saturated rings. The number of nitrogens with one attached hydrogen (secondary N) is 3. The minimum Gasteiger partial charge on any atom is -0.361 e. The minimum absolute atomic E-state index is 0.263. The fraction of sp³-hybridized carbons (Fsp3) is 0.0909. The first-order valence-corrected chi connectivity index (χ1v) is 9.16. The maximum absolute atomic E-state index is 12.4. The number of hydrogen-bond acceptors (Lipinski definition) is 5. The molecule has 0 saturated heterocycles. The highest BCUT2D eigenvalue weighted by molar-refractivity contribution is 6.03. The van der Waals surface area contributed by atoms with Gasteiger partial charge in [0.15, 0.2) is 0 Å². The molecule has 0 unspecified atom stereocenters. The molecule has 2 heterocycles. The molecule has 0 aliphatic rings. The highest BCUT2D eigenvalue weighted by Crippen LogP contribution is 2.18. The van der Waals surface area contributed by atoms with Crippen LogP contribution in [-0.4, -0.2) is 27.4 Å². The number of carbonyl (C=O) groups excluding carboxylic acids is 1. The van der Waals surface area contributed by atoms with Crippen LogP contribution in [0.1, 0.15) is 21.6 Å². The molecule has 7 heteroatoms. The van der Waals surface area contributed by atoms with Crippen LogP contribution in [0.2, 0.25) is 0 Å². The molecule has 0 aliphatic heterocycles. The monoisotopic (exact) mass is 382 g/mol. The van der Waals surface area contributed by atoms with Gasteiger partial charge in [0.2, 0.25) is 5.95 Å². The van der Waals surface area contributed by atoms with Crippen LogP contribution in [0.25, 0.3) is 10.9 Å². The van der Waals surface area contributed by atoms with Gasteiger partial charge >= 0.3 is 0 Å². The molecule has 0 radical (unpaired) electrons. The van der Waals surface area contributed by atoms with E-state index in [2.05, 4.69) is 31.7 Å². The van der Waals surface area contributed by atoms with Gasteiger partial charge in [-0.2, -0.15) is 5.26 Å². The summed E-state index contributed by atoms with van der Waals surface area (Å²) in [6.45, 7) is 0.641. The van der Waals surface area contributed by atoms with Gasteiger partial charge in [0, 0.05) is 35.5 Å². The number of rotatable bonds is 6. The van der Waals surface area contributed by atoms with Crippen LogP contribution in [0.15, 0.2) is 67.0 Å². The van der Waals surface area contributed by atoms with Gasteiger partial charge in [0.25, 0.3) is 5.91 Å². The first kappa shape index (κ1) is 18.2. The van der Waals surface area contributed by atoms with Crippen molar-refractivity contribution >= 4 is 28.4 Å². The predicted molar refractivity (Wildman–Crippen MR) is 112 cm³/mol. The number of H-pyrrole nitrogens is 1. The van der Waals surface area contributed by atoms with Gasteiger partial charge in [-0.15, -0.1) is 0 Å². The molecule has 0 saturated carbocycles. The van der Waals surface area contributed by atoms with Crippen LogP contribution in [0, 0.1) is 11.3 Å². The summed E-state index contributed by atoms with van der Waals surface area (Å²) < 4.78 is 0. The predicted octanol–water partition coefficient (Wildman–Crippen LogP) is 3.74. The molecule has 7 nitrogen and oxygen atoms in total. The average molecular weight is 382 g/mol. The Hall–Kier alpha value is -4.18. The second-order valence-electron chi connectivity index (χ2n) is 6.45. The lowest BCUT2D eigenvalue weighted by Gasteiger charge is -2.07. The zero-order valence-electron chi connectivity index (χ0n) is 15.5. The number of aromatic nitrogens is 3. The quantitative estimate of drug-likeness (QED) is 0.471. The molecular weight excluding hydrogens is 364 g/mol. The lowest BCUT2D eigenvalue weighted by Crippen LogP contribution is -2.16. The summed E-state index contributed by atoms with van der Waals surface area (Å²) in [6, 6.07) is 18.4. The van der Waals surface area contributed by atoms with Crippen LogP contribution in [0.3, 0.4) is 0 Å². The maximum atomic E-state index is 12.4. The van der Waals surface area contributed by atoms with Crippen LogP contribution in [-0.2, 0) is 6.42 Å². The molecule has 142 valence electrons. The Bertz CT molecular complexity index is 1190. The second kappa shape index (κ2) is 8.23. The highest BCUT2D eigenvalue weighted by atomic mass is 16.1. The van der Waals surface area contributed by atoms with E-state index in [1.807, 2.05) is 30.5 Å². The average Bonchev–Trinajstić information content (AvgIpc) is 3.18. The maximum Gasteiger partial charge on any atom is 0.274 e. The van der Waals surface area contributed by atoms with E-state index in [-0.39, 0.29) is 11.6 Å². The summed E-state index contributed by atoms with van der Waals surface area (Å²) >= 11 is 0. The van der Waals surface area contributed by atoms with Crippen LogP contribution in [0.5, 0.6) is 0 Å². The van der Waals surface area contributed by atoms with Crippen molar-refractivity contribution in [3.05, 3.63) is 83.8 Å². The van der Waals surface area contributed by atoms with Gasteiger partial charge < -0.3 is 15.6 Å². The van der Waals surface area contributed by atoms with E-state index in [0.29, 0.717) is 23.7 Å². The Morgan fingerprint density at radius 2 is 1.93 bits per heavy atom. The molecule has 0 aliphatic carbocycles. The van der Waals surface area contributed by atoms with Crippen molar-refractivity contribution in [1.29, 1.82) is 5.26 Å². The van der Waals surface area contributed by atoms with E-state index < -0.39 is 0 Å². The largest absolute Gasteiger partial charge is 0.361 e. The molecule has 29 heavy (non-hydrogen) atoms. The van der Waals surface area contributed by atoms with E-state index >= 15 is 0 Å². The topological polar surface area (TPSA) is 106 Å². The molecule has 1 amide bonds. The lowest BCUT2D eigenvalue weighted by atomic mass is 10.1. The number of amides is 1. The SMILES string of the molecule is N#Cc1ccc(NC(=O)c2ccnc(NCCc3c[nH]c4ccccc34)n2)cc1. The molecule has 2 aromatic carbocycles. The Labute approximate surface area is 167 Å². The van der Waals surface area contributed by atoms with Crippen molar-refractivity contribution in [2.45, 2.75) is 6.42 Å². The third kappa shape index (κ3) is 4.22. The fourth-order valence-electron chi connectivity index (χ4n) is 3.04.